The summed E-state index contributed by atoms with van der Waals surface area (Å²) in [5.41, 5.74) is 1.68. The fraction of sp³-hybridized carbons (Fsp3) is 0.515. The van der Waals surface area contributed by atoms with Gasteiger partial charge in [0.25, 0.3) is 5.91 Å². The highest BCUT2D eigenvalue weighted by Crippen LogP contribution is 2.21. The van der Waals surface area contributed by atoms with Crippen molar-refractivity contribution in [1.82, 2.24) is 10.2 Å². The number of hydrogen-bond donors (Lipinski definition) is 1. The second kappa shape index (κ2) is 16.9. The van der Waals surface area contributed by atoms with Crippen LogP contribution in [0, 0.1) is 18.7 Å². The predicted octanol–water partition coefficient (Wildman–Crippen LogP) is 4.89. The summed E-state index contributed by atoms with van der Waals surface area (Å²) in [7, 11) is 3.69. The maximum Gasteiger partial charge on any atom is 0.251 e. The van der Waals surface area contributed by atoms with Crippen LogP contribution in [-0.4, -0.2) is 63.1 Å². The number of halogens is 1. The van der Waals surface area contributed by atoms with E-state index >= 15 is 0 Å². The Morgan fingerprint density at radius 3 is 2.52 bits per heavy atom. The van der Waals surface area contributed by atoms with E-state index in [1.54, 1.807) is 13.2 Å². The van der Waals surface area contributed by atoms with Crippen LogP contribution in [0.25, 0.3) is 12.7 Å². The van der Waals surface area contributed by atoms with Gasteiger partial charge in [-0.3, -0.25) is 9.59 Å². The molecule has 0 aromatic heterocycles. The molecule has 1 atom stereocenters. The third-order valence-electron chi connectivity index (χ3n) is 6.94. The Hall–Kier alpha value is -3.03. The second-order valence-corrected chi connectivity index (χ2v) is 10.8. The van der Waals surface area contributed by atoms with Gasteiger partial charge in [-0.05, 0) is 87.2 Å². The Kier molecular flexibility index (Phi) is 14.0. The fourth-order valence-electron chi connectivity index (χ4n) is 4.93. The van der Waals surface area contributed by atoms with Crippen molar-refractivity contribution in [3.05, 3.63) is 63.3 Å². The quantitative estimate of drug-likeness (QED) is 0.223. The predicted molar refractivity (Wildman–Crippen MR) is 161 cm³/mol. The van der Waals surface area contributed by atoms with Crippen molar-refractivity contribution in [3.8, 4) is 5.75 Å². The van der Waals surface area contributed by atoms with Gasteiger partial charge in [-0.25, -0.2) is 4.39 Å². The number of hydrogen-bond acceptors (Lipinski definition) is 5. The molecule has 0 aliphatic carbocycles. The first-order valence-electron chi connectivity index (χ1n) is 14.3. The molecule has 2 aromatic rings. The van der Waals surface area contributed by atoms with E-state index in [1.807, 2.05) is 32.9 Å². The van der Waals surface area contributed by atoms with Gasteiger partial charge in [-0.2, -0.15) is 0 Å². The zero-order valence-corrected chi connectivity index (χ0v) is 25.1. The van der Waals surface area contributed by atoms with E-state index in [2.05, 4.69) is 36.8 Å². The van der Waals surface area contributed by atoms with Crippen molar-refractivity contribution in [2.75, 3.05) is 40.4 Å². The average molecular weight is 555 g/mol. The first-order valence-corrected chi connectivity index (χ1v) is 14.3. The van der Waals surface area contributed by atoms with Crippen molar-refractivity contribution in [2.24, 2.45) is 5.92 Å². The van der Waals surface area contributed by atoms with E-state index in [-0.39, 0.29) is 23.4 Å². The number of ketones is 1. The third kappa shape index (κ3) is 10.5. The lowest BCUT2D eigenvalue weighted by atomic mass is 9.94. The zero-order valence-electron chi connectivity index (χ0n) is 25.1. The Balaban J connectivity index is 1.97. The van der Waals surface area contributed by atoms with Crippen LogP contribution in [-0.2, 0) is 4.74 Å². The molecule has 1 N–H and O–H groups in total. The SMILES string of the molecule is C=c1ccc(C(=O)NCCOC)c(C)/c1=C/CN(C)CC(CCC)CCCC(=O)c1ccc(OC(C)C)cc1F. The Bertz CT molecular complexity index is 1230. The van der Waals surface area contributed by atoms with Crippen LogP contribution < -0.4 is 20.5 Å². The van der Waals surface area contributed by atoms with Gasteiger partial charge < -0.3 is 19.7 Å². The standard InChI is InChI=1S/C33H47FN2O4/c1-8-10-26(11-9-12-32(37)30-16-14-27(21-31(30)34)40-23(2)3)22-36(6)19-17-28-24(4)13-15-29(25(28)5)33(38)35-18-20-39-7/h13-17,21,23,26H,4,8-12,18-20,22H2,1-3,5-7H3,(H,35,38)/b28-17+. The van der Waals surface area contributed by atoms with Crippen LogP contribution in [0.3, 0.4) is 0 Å². The summed E-state index contributed by atoms with van der Waals surface area (Å²) < 4.78 is 25.0. The number of Topliss-reactive ketones (excluding diaryl/α,β-unsaturated/α-hetero) is 1. The molecule has 2 rings (SSSR count). The van der Waals surface area contributed by atoms with E-state index in [0.29, 0.717) is 49.8 Å². The molecule has 0 bridgehead atoms. The molecule has 40 heavy (non-hydrogen) atoms. The first-order chi connectivity index (χ1) is 19.1. The minimum absolute atomic E-state index is 0.0557. The number of nitrogens with one attached hydrogen (secondary N) is 1. The highest BCUT2D eigenvalue weighted by molar-refractivity contribution is 5.96. The van der Waals surface area contributed by atoms with E-state index < -0.39 is 5.82 Å². The summed E-state index contributed by atoms with van der Waals surface area (Å²) in [4.78, 5) is 27.6. The lowest BCUT2D eigenvalue weighted by Crippen LogP contribution is -2.34. The molecule has 0 radical (unpaired) electrons. The number of carbonyl (C=O) groups is 2. The fourth-order valence-corrected chi connectivity index (χ4v) is 4.93. The average Bonchev–Trinajstić information content (AvgIpc) is 2.88. The Morgan fingerprint density at radius 2 is 1.88 bits per heavy atom. The van der Waals surface area contributed by atoms with Crippen molar-refractivity contribution in [2.45, 2.75) is 65.9 Å². The van der Waals surface area contributed by atoms with Gasteiger partial charge in [0.2, 0.25) is 0 Å². The van der Waals surface area contributed by atoms with Gasteiger partial charge in [0, 0.05) is 44.8 Å². The van der Waals surface area contributed by atoms with Crippen molar-refractivity contribution in [1.29, 1.82) is 0 Å². The monoisotopic (exact) mass is 554 g/mol. The molecule has 2 aromatic carbocycles. The van der Waals surface area contributed by atoms with E-state index in [9.17, 15) is 14.0 Å². The van der Waals surface area contributed by atoms with Crippen LogP contribution in [0.4, 0.5) is 4.39 Å². The van der Waals surface area contributed by atoms with Crippen molar-refractivity contribution < 1.29 is 23.5 Å². The molecule has 1 unspecified atom stereocenters. The molecular weight excluding hydrogens is 507 g/mol. The normalized spacial score (nSPS) is 12.7. The van der Waals surface area contributed by atoms with Gasteiger partial charge in [0.05, 0.1) is 18.3 Å². The van der Waals surface area contributed by atoms with E-state index in [0.717, 1.165) is 41.8 Å². The summed E-state index contributed by atoms with van der Waals surface area (Å²) >= 11 is 0. The summed E-state index contributed by atoms with van der Waals surface area (Å²) in [6, 6.07) is 8.18. The highest BCUT2D eigenvalue weighted by Gasteiger charge is 2.16. The molecule has 0 aliphatic heterocycles. The van der Waals surface area contributed by atoms with Gasteiger partial charge in [0.15, 0.2) is 5.78 Å². The molecule has 0 aliphatic rings. The van der Waals surface area contributed by atoms with Crippen LogP contribution in [0.5, 0.6) is 5.75 Å². The number of methoxy groups -OCH3 is 1. The van der Waals surface area contributed by atoms with Crippen LogP contribution in [0.1, 0.15) is 79.2 Å². The lowest BCUT2D eigenvalue weighted by molar-refractivity contribution is 0.0934. The molecule has 220 valence electrons. The summed E-state index contributed by atoms with van der Waals surface area (Å²) in [6.45, 7) is 14.6. The van der Waals surface area contributed by atoms with E-state index in [4.69, 9.17) is 9.47 Å². The zero-order chi connectivity index (χ0) is 29.7. The number of benzene rings is 2. The van der Waals surface area contributed by atoms with Gasteiger partial charge >= 0.3 is 0 Å². The summed E-state index contributed by atoms with van der Waals surface area (Å²) in [5.74, 6) is 0.0521. The highest BCUT2D eigenvalue weighted by atomic mass is 19.1. The van der Waals surface area contributed by atoms with Crippen molar-refractivity contribution >= 4 is 24.3 Å². The molecule has 6 nitrogen and oxygen atoms in total. The second-order valence-electron chi connectivity index (χ2n) is 10.8. The van der Waals surface area contributed by atoms with Crippen molar-refractivity contribution in [3.63, 3.8) is 0 Å². The molecule has 0 saturated carbocycles. The first kappa shape index (κ1) is 33.2. The largest absolute Gasteiger partial charge is 0.491 e. The summed E-state index contributed by atoms with van der Waals surface area (Å²) in [5, 5.41) is 4.75. The maximum absolute atomic E-state index is 14.5. The van der Waals surface area contributed by atoms with Crippen LogP contribution in [0.2, 0.25) is 0 Å². The maximum atomic E-state index is 14.5. The lowest BCUT2D eigenvalue weighted by Gasteiger charge is -2.23. The molecular formula is C33H47FN2O4. The topological polar surface area (TPSA) is 67.9 Å². The number of nitrogens with zero attached hydrogens (tertiary/aromatic N) is 1. The molecule has 7 heteroatoms. The molecule has 0 fully saturated rings. The number of rotatable bonds is 17. The molecule has 0 heterocycles. The molecule has 0 spiro atoms. The minimum atomic E-state index is -0.528. The number of ether oxygens (including phenoxy) is 2. The molecule has 0 saturated heterocycles. The Morgan fingerprint density at radius 1 is 1.15 bits per heavy atom. The minimum Gasteiger partial charge on any atom is -0.491 e. The summed E-state index contributed by atoms with van der Waals surface area (Å²) in [6.07, 6.45) is 6.13. The van der Waals surface area contributed by atoms with Gasteiger partial charge in [0.1, 0.15) is 11.6 Å². The van der Waals surface area contributed by atoms with Gasteiger partial charge in [-0.15, -0.1) is 0 Å². The number of amides is 1. The van der Waals surface area contributed by atoms with E-state index in [1.165, 1.54) is 12.1 Å². The Labute approximate surface area is 239 Å². The molecule has 1 amide bonds. The van der Waals surface area contributed by atoms with Gasteiger partial charge in [-0.1, -0.05) is 32.1 Å². The number of carbonyl (C=O) groups excluding carboxylic acids is 2. The van der Waals surface area contributed by atoms with Crippen LogP contribution >= 0.6 is 0 Å². The smallest absolute Gasteiger partial charge is 0.251 e. The third-order valence-corrected chi connectivity index (χ3v) is 6.94. The van der Waals surface area contributed by atoms with Crippen LogP contribution in [0.15, 0.2) is 30.3 Å².